The SMILES string of the molecule is COC(=O)c1cccc(N2C(=O)[C@@H]3[C@@H](C2=O)[C@H]2C=C[C@H]3C23CC3)c1. The van der Waals surface area contributed by atoms with Gasteiger partial charge < -0.3 is 4.74 Å². The number of carbonyl (C=O) groups is 3. The van der Waals surface area contributed by atoms with E-state index in [9.17, 15) is 14.4 Å². The number of ether oxygens (including phenoxy) is 1. The summed E-state index contributed by atoms with van der Waals surface area (Å²) in [5, 5.41) is 0. The van der Waals surface area contributed by atoms with Crippen LogP contribution >= 0.6 is 0 Å². The molecular weight excluding hydrogens is 306 g/mol. The highest BCUT2D eigenvalue weighted by molar-refractivity contribution is 6.23. The fraction of sp³-hybridized carbons (Fsp3) is 0.421. The topological polar surface area (TPSA) is 63.7 Å². The number of esters is 1. The Balaban J connectivity index is 1.53. The van der Waals surface area contributed by atoms with Gasteiger partial charge in [-0.15, -0.1) is 0 Å². The minimum Gasteiger partial charge on any atom is -0.465 e. The summed E-state index contributed by atoms with van der Waals surface area (Å²) in [6.07, 6.45) is 6.55. The molecule has 3 aliphatic carbocycles. The second-order valence-electron chi connectivity index (χ2n) is 7.27. The van der Waals surface area contributed by atoms with Gasteiger partial charge in [0.1, 0.15) is 0 Å². The van der Waals surface area contributed by atoms with Gasteiger partial charge >= 0.3 is 5.97 Å². The fourth-order valence-electron chi connectivity index (χ4n) is 5.22. The number of imide groups is 1. The van der Waals surface area contributed by atoms with Gasteiger partial charge in [0.25, 0.3) is 0 Å². The Morgan fingerprint density at radius 1 is 1.12 bits per heavy atom. The molecule has 0 N–H and O–H groups in total. The lowest BCUT2D eigenvalue weighted by Gasteiger charge is -2.22. The van der Waals surface area contributed by atoms with Gasteiger partial charge in [-0.25, -0.2) is 9.69 Å². The summed E-state index contributed by atoms with van der Waals surface area (Å²) in [5.41, 5.74) is 1.000. The van der Waals surface area contributed by atoms with E-state index in [1.54, 1.807) is 24.3 Å². The number of nitrogens with zero attached hydrogens (tertiary/aromatic N) is 1. The number of methoxy groups -OCH3 is 1. The average Bonchev–Trinajstić information content (AvgIpc) is 3.19. The molecule has 1 saturated heterocycles. The van der Waals surface area contributed by atoms with Crippen molar-refractivity contribution in [2.75, 3.05) is 12.0 Å². The number of benzene rings is 1. The molecule has 0 radical (unpaired) electrons. The van der Waals surface area contributed by atoms with Gasteiger partial charge in [-0.2, -0.15) is 0 Å². The Labute approximate surface area is 139 Å². The monoisotopic (exact) mass is 323 g/mol. The van der Waals surface area contributed by atoms with Crippen molar-refractivity contribution in [2.24, 2.45) is 29.1 Å². The number of fused-ring (bicyclic) bond motifs is 3. The van der Waals surface area contributed by atoms with E-state index in [0.717, 1.165) is 12.8 Å². The Kier molecular flexibility index (Phi) is 2.53. The van der Waals surface area contributed by atoms with Crippen LogP contribution in [0.4, 0.5) is 5.69 Å². The molecule has 0 aromatic heterocycles. The third-order valence-electron chi connectivity index (χ3n) is 6.38. The molecule has 5 rings (SSSR count). The van der Waals surface area contributed by atoms with Crippen molar-refractivity contribution in [1.29, 1.82) is 0 Å². The Morgan fingerprint density at radius 3 is 2.29 bits per heavy atom. The standard InChI is InChI=1S/C19H17NO4/c1-24-18(23)10-3-2-4-11(9-10)20-16(21)14-12-5-6-13(15(14)17(20)22)19(12)7-8-19/h2-6,9,12-15H,7-8H2,1H3/t12-,13-,14+,15+/m1/s1. The van der Waals surface area contributed by atoms with E-state index in [2.05, 4.69) is 12.2 Å². The molecule has 24 heavy (non-hydrogen) atoms. The van der Waals surface area contributed by atoms with E-state index in [-0.39, 0.29) is 40.9 Å². The van der Waals surface area contributed by atoms with Crippen LogP contribution in [0.3, 0.4) is 0 Å². The number of hydrogen-bond acceptors (Lipinski definition) is 4. The molecule has 0 unspecified atom stereocenters. The van der Waals surface area contributed by atoms with Crippen molar-refractivity contribution in [3.8, 4) is 0 Å². The summed E-state index contributed by atoms with van der Waals surface area (Å²) in [6.45, 7) is 0. The first-order chi connectivity index (χ1) is 11.6. The lowest BCUT2D eigenvalue weighted by Crippen LogP contribution is -2.34. The molecule has 1 spiro atoms. The van der Waals surface area contributed by atoms with Crippen LogP contribution in [0.2, 0.25) is 0 Å². The van der Waals surface area contributed by atoms with Crippen LogP contribution in [0.1, 0.15) is 23.2 Å². The summed E-state index contributed by atoms with van der Waals surface area (Å²) in [5.74, 6) is -0.746. The van der Waals surface area contributed by atoms with Crippen LogP contribution in [0.5, 0.6) is 0 Å². The number of allylic oxidation sites excluding steroid dienone is 2. The van der Waals surface area contributed by atoms with Crippen LogP contribution in [-0.4, -0.2) is 24.9 Å². The molecule has 1 aliphatic heterocycles. The molecule has 1 aromatic carbocycles. The van der Waals surface area contributed by atoms with Gasteiger partial charge in [0.05, 0.1) is 30.2 Å². The van der Waals surface area contributed by atoms with Crippen molar-refractivity contribution in [3.05, 3.63) is 42.0 Å². The Hall–Kier alpha value is -2.43. The van der Waals surface area contributed by atoms with Gasteiger partial charge in [-0.1, -0.05) is 18.2 Å². The lowest BCUT2D eigenvalue weighted by molar-refractivity contribution is -0.123. The van der Waals surface area contributed by atoms with Crippen molar-refractivity contribution >= 4 is 23.5 Å². The Bertz CT molecular complexity index is 788. The van der Waals surface area contributed by atoms with E-state index >= 15 is 0 Å². The average molecular weight is 323 g/mol. The first kappa shape index (κ1) is 14.0. The molecule has 5 nitrogen and oxygen atoms in total. The lowest BCUT2D eigenvalue weighted by atomic mass is 9.85. The highest BCUT2D eigenvalue weighted by Crippen LogP contribution is 2.73. The van der Waals surface area contributed by atoms with Crippen LogP contribution < -0.4 is 4.90 Å². The summed E-state index contributed by atoms with van der Waals surface area (Å²) in [6, 6.07) is 6.55. The van der Waals surface area contributed by atoms with Crippen LogP contribution in [0.15, 0.2) is 36.4 Å². The zero-order chi connectivity index (χ0) is 16.6. The molecule has 1 heterocycles. The molecule has 2 amide bonds. The smallest absolute Gasteiger partial charge is 0.337 e. The second-order valence-corrected chi connectivity index (χ2v) is 7.27. The largest absolute Gasteiger partial charge is 0.465 e. The quantitative estimate of drug-likeness (QED) is 0.475. The van der Waals surface area contributed by atoms with E-state index in [0.29, 0.717) is 11.3 Å². The summed E-state index contributed by atoms with van der Waals surface area (Å²) >= 11 is 0. The maximum Gasteiger partial charge on any atom is 0.337 e. The summed E-state index contributed by atoms with van der Waals surface area (Å²) in [7, 11) is 1.31. The van der Waals surface area contributed by atoms with Gasteiger partial charge in [-0.3, -0.25) is 9.59 Å². The number of amides is 2. The van der Waals surface area contributed by atoms with Crippen LogP contribution in [0, 0.1) is 29.1 Å². The van der Waals surface area contributed by atoms with Crippen molar-refractivity contribution in [3.63, 3.8) is 0 Å². The molecule has 122 valence electrons. The highest BCUT2D eigenvalue weighted by Gasteiger charge is 2.73. The van der Waals surface area contributed by atoms with Gasteiger partial charge in [0, 0.05) is 0 Å². The summed E-state index contributed by atoms with van der Waals surface area (Å²) in [4.78, 5) is 39.0. The van der Waals surface area contributed by atoms with Crippen molar-refractivity contribution < 1.29 is 19.1 Å². The minimum absolute atomic E-state index is 0.116. The first-order valence-electron chi connectivity index (χ1n) is 8.33. The number of hydrogen-bond donors (Lipinski definition) is 0. The normalized spacial score (nSPS) is 34.1. The zero-order valence-electron chi connectivity index (χ0n) is 13.3. The third-order valence-corrected chi connectivity index (χ3v) is 6.38. The zero-order valence-corrected chi connectivity index (χ0v) is 13.3. The molecule has 2 bridgehead atoms. The molecule has 1 aromatic rings. The fourth-order valence-corrected chi connectivity index (χ4v) is 5.22. The predicted octanol–water partition coefficient (Wildman–Crippen LogP) is 2.17. The molecular formula is C19H17NO4. The highest BCUT2D eigenvalue weighted by atomic mass is 16.5. The number of carbonyl (C=O) groups excluding carboxylic acids is 3. The van der Waals surface area contributed by atoms with Crippen molar-refractivity contribution in [1.82, 2.24) is 0 Å². The molecule has 5 heteroatoms. The Morgan fingerprint density at radius 2 is 1.75 bits per heavy atom. The second kappa shape index (κ2) is 4.35. The van der Waals surface area contributed by atoms with Gasteiger partial charge in [-0.05, 0) is 48.3 Å². The number of rotatable bonds is 2. The maximum atomic E-state index is 13.0. The minimum atomic E-state index is -0.477. The van der Waals surface area contributed by atoms with Gasteiger partial charge in [0.15, 0.2) is 0 Å². The van der Waals surface area contributed by atoms with Crippen LogP contribution in [0.25, 0.3) is 0 Å². The van der Waals surface area contributed by atoms with E-state index < -0.39 is 5.97 Å². The first-order valence-corrected chi connectivity index (χ1v) is 8.33. The molecule has 4 aliphatic rings. The van der Waals surface area contributed by atoms with E-state index in [1.165, 1.54) is 12.0 Å². The summed E-state index contributed by atoms with van der Waals surface area (Å²) < 4.78 is 4.72. The molecule has 4 atom stereocenters. The van der Waals surface area contributed by atoms with Crippen LogP contribution in [-0.2, 0) is 14.3 Å². The van der Waals surface area contributed by atoms with E-state index in [4.69, 9.17) is 4.74 Å². The molecule has 2 saturated carbocycles. The van der Waals surface area contributed by atoms with Crippen molar-refractivity contribution in [2.45, 2.75) is 12.8 Å². The third kappa shape index (κ3) is 1.48. The maximum absolute atomic E-state index is 13.0. The molecule has 3 fully saturated rings. The predicted molar refractivity (Wildman–Crippen MR) is 85.0 cm³/mol. The van der Waals surface area contributed by atoms with E-state index in [1.807, 2.05) is 0 Å². The van der Waals surface area contributed by atoms with Gasteiger partial charge in [0.2, 0.25) is 11.8 Å². The number of anilines is 1.